The Morgan fingerprint density at radius 3 is 2.47 bits per heavy atom. The Labute approximate surface area is 103 Å². The van der Waals surface area contributed by atoms with E-state index in [4.69, 9.17) is 22.0 Å². The normalized spacial score (nSPS) is 20.8. The first-order chi connectivity index (χ1) is 7.88. The van der Waals surface area contributed by atoms with E-state index in [1.165, 1.54) is 0 Å². The number of aliphatic hydroxyl groups excluding tert-OH is 3. The molecule has 0 aromatic rings. The van der Waals surface area contributed by atoms with Crippen molar-refractivity contribution in [2.45, 2.75) is 12.2 Å². The van der Waals surface area contributed by atoms with Crippen molar-refractivity contribution in [2.75, 3.05) is 19.7 Å². The van der Waals surface area contributed by atoms with Crippen LogP contribution >= 0.6 is 11.8 Å². The molecule has 0 aliphatic carbocycles. The summed E-state index contributed by atoms with van der Waals surface area (Å²) < 4.78 is 0.619. The lowest BCUT2D eigenvalue weighted by Gasteiger charge is -2.33. The summed E-state index contributed by atoms with van der Waals surface area (Å²) in [7, 11) is 0. The maximum absolute atomic E-state index is 11.6. The quantitative estimate of drug-likeness (QED) is 0.404. The summed E-state index contributed by atoms with van der Waals surface area (Å²) in [6, 6.07) is 0. The van der Waals surface area contributed by atoms with Crippen LogP contribution in [0.25, 0.3) is 0 Å². The molecule has 3 N–H and O–H groups in total. The summed E-state index contributed by atoms with van der Waals surface area (Å²) in [5.74, 6) is -1.16. The molecule has 0 radical (unpaired) electrons. The summed E-state index contributed by atoms with van der Waals surface area (Å²) in [6.45, 7) is 2.11. The molecule has 0 aromatic heterocycles. The van der Waals surface area contributed by atoms with E-state index in [1.807, 2.05) is 0 Å². The first kappa shape index (κ1) is 13.9. The van der Waals surface area contributed by atoms with Gasteiger partial charge in [0.2, 0.25) is 0 Å². The molecule has 17 heavy (non-hydrogen) atoms. The van der Waals surface area contributed by atoms with Crippen LogP contribution < -0.4 is 0 Å². The lowest BCUT2D eigenvalue weighted by Crippen LogP contribution is -2.52. The third-order valence-corrected chi connectivity index (χ3v) is 2.75. The van der Waals surface area contributed by atoms with Gasteiger partial charge < -0.3 is 20.2 Å². The van der Waals surface area contributed by atoms with Crippen LogP contribution in [0.3, 0.4) is 0 Å². The number of rotatable bonds is 4. The van der Waals surface area contributed by atoms with E-state index >= 15 is 0 Å². The van der Waals surface area contributed by atoms with Gasteiger partial charge in [-0.3, -0.25) is 9.59 Å². The molecule has 0 saturated carbocycles. The van der Waals surface area contributed by atoms with Crippen LogP contribution in [0.5, 0.6) is 0 Å². The van der Waals surface area contributed by atoms with Crippen LogP contribution in [0.2, 0.25) is 0 Å². The number of nitrogens with zero attached hydrogens (tertiary/aromatic N) is 2. The van der Waals surface area contributed by atoms with Gasteiger partial charge in [0.25, 0.3) is 11.8 Å². The second-order valence-corrected chi connectivity index (χ2v) is 3.96. The number of halogens is 1. The van der Waals surface area contributed by atoms with Crippen molar-refractivity contribution in [3.63, 3.8) is 0 Å². The first-order valence-corrected chi connectivity index (χ1v) is 5.16. The molecule has 1 saturated heterocycles. The molecule has 8 heteroatoms. The SMILES string of the molecule is C=C1C(=O)N(CC(O)C(O)CO)CC(=O)N1Cl. The summed E-state index contributed by atoms with van der Waals surface area (Å²) >= 11 is 5.49. The number of hydrogen-bond acceptors (Lipinski definition) is 5. The first-order valence-electron chi connectivity index (χ1n) is 4.82. The van der Waals surface area contributed by atoms with E-state index in [0.717, 1.165) is 4.90 Å². The van der Waals surface area contributed by atoms with E-state index in [2.05, 4.69) is 6.58 Å². The van der Waals surface area contributed by atoms with Gasteiger partial charge in [-0.2, -0.15) is 0 Å². The third-order valence-electron chi connectivity index (χ3n) is 2.35. The van der Waals surface area contributed by atoms with Crippen molar-refractivity contribution >= 4 is 23.6 Å². The summed E-state index contributed by atoms with van der Waals surface area (Å²) in [5, 5.41) is 27.2. The van der Waals surface area contributed by atoms with Crippen molar-refractivity contribution in [1.29, 1.82) is 0 Å². The van der Waals surface area contributed by atoms with Gasteiger partial charge in [0.05, 0.1) is 19.3 Å². The third kappa shape index (κ3) is 2.95. The molecule has 1 fully saturated rings. The number of aliphatic hydroxyl groups is 3. The van der Waals surface area contributed by atoms with Crippen molar-refractivity contribution in [3.05, 3.63) is 12.3 Å². The van der Waals surface area contributed by atoms with Crippen molar-refractivity contribution < 1.29 is 24.9 Å². The van der Waals surface area contributed by atoms with E-state index in [9.17, 15) is 14.7 Å². The number of carbonyl (C=O) groups is 2. The maximum Gasteiger partial charge on any atom is 0.271 e. The van der Waals surface area contributed by atoms with Crippen molar-refractivity contribution in [1.82, 2.24) is 9.32 Å². The number of amides is 2. The van der Waals surface area contributed by atoms with Crippen LogP contribution in [0.4, 0.5) is 0 Å². The Balaban J connectivity index is 2.69. The van der Waals surface area contributed by atoms with Crippen LogP contribution in [0.15, 0.2) is 12.3 Å². The van der Waals surface area contributed by atoms with Crippen LogP contribution in [0, 0.1) is 0 Å². The topological polar surface area (TPSA) is 101 Å². The molecule has 2 unspecified atom stereocenters. The van der Waals surface area contributed by atoms with Crippen LogP contribution in [-0.4, -0.2) is 68.4 Å². The standard InChI is InChI=1S/C9H13ClN2O5/c1-5-9(17)11(3-8(16)12(5)10)2-6(14)7(15)4-13/h6-7,13-15H,1-4H2. The number of carbonyl (C=O) groups excluding carboxylic acids is 2. The lowest BCUT2D eigenvalue weighted by atomic mass is 10.2. The Hall–Kier alpha value is -1.15. The molecule has 0 aromatic carbocycles. The van der Waals surface area contributed by atoms with Crippen molar-refractivity contribution in [3.8, 4) is 0 Å². The number of β-amino-alcohol motifs (C(OH)–C–C–N with tert-alkyl or cyclic N) is 1. The molecule has 1 aliphatic heterocycles. The highest BCUT2D eigenvalue weighted by Crippen LogP contribution is 2.17. The van der Waals surface area contributed by atoms with Gasteiger partial charge in [0.1, 0.15) is 18.3 Å². The van der Waals surface area contributed by atoms with Crippen LogP contribution in [0.1, 0.15) is 0 Å². The Kier molecular flexibility index (Phi) is 4.47. The molecule has 96 valence electrons. The Morgan fingerprint density at radius 1 is 1.35 bits per heavy atom. The monoisotopic (exact) mass is 264 g/mol. The minimum absolute atomic E-state index is 0.214. The predicted octanol–water partition coefficient (Wildman–Crippen LogP) is -1.96. The number of hydrogen-bond donors (Lipinski definition) is 3. The predicted molar refractivity (Wildman–Crippen MR) is 57.5 cm³/mol. The fourth-order valence-corrected chi connectivity index (χ4v) is 1.46. The summed E-state index contributed by atoms with van der Waals surface area (Å²) in [4.78, 5) is 24.0. The zero-order valence-corrected chi connectivity index (χ0v) is 9.67. The van der Waals surface area contributed by atoms with Crippen molar-refractivity contribution in [2.24, 2.45) is 0 Å². The van der Waals surface area contributed by atoms with Gasteiger partial charge in [-0.15, -0.1) is 0 Å². The van der Waals surface area contributed by atoms with Crippen LogP contribution in [-0.2, 0) is 9.59 Å². The number of piperazine rings is 1. The molecule has 1 aliphatic rings. The Bertz CT molecular complexity index is 348. The largest absolute Gasteiger partial charge is 0.394 e. The van der Waals surface area contributed by atoms with Gasteiger partial charge in [-0.25, -0.2) is 4.42 Å². The molecular weight excluding hydrogens is 252 g/mol. The van der Waals surface area contributed by atoms with Gasteiger partial charge >= 0.3 is 0 Å². The fourth-order valence-electron chi connectivity index (χ4n) is 1.33. The second-order valence-electron chi connectivity index (χ2n) is 3.62. The minimum Gasteiger partial charge on any atom is -0.394 e. The maximum atomic E-state index is 11.6. The van der Waals surface area contributed by atoms with Gasteiger partial charge in [0.15, 0.2) is 0 Å². The Morgan fingerprint density at radius 2 is 1.94 bits per heavy atom. The molecule has 0 spiro atoms. The molecule has 7 nitrogen and oxygen atoms in total. The fraction of sp³-hybridized carbons (Fsp3) is 0.556. The second kappa shape index (κ2) is 5.46. The van der Waals surface area contributed by atoms with E-state index in [-0.39, 0.29) is 18.8 Å². The minimum atomic E-state index is -1.37. The highest BCUT2D eigenvalue weighted by atomic mass is 35.5. The van der Waals surface area contributed by atoms with E-state index in [1.54, 1.807) is 0 Å². The highest BCUT2D eigenvalue weighted by molar-refractivity contribution is 6.27. The zero-order valence-electron chi connectivity index (χ0n) is 8.91. The van der Waals surface area contributed by atoms with Gasteiger partial charge in [-0.1, -0.05) is 6.58 Å². The van der Waals surface area contributed by atoms with E-state index in [0.29, 0.717) is 4.42 Å². The molecule has 1 rings (SSSR count). The molecule has 0 bridgehead atoms. The highest BCUT2D eigenvalue weighted by Gasteiger charge is 2.34. The molecule has 1 heterocycles. The molecule has 2 atom stereocenters. The lowest BCUT2D eigenvalue weighted by molar-refractivity contribution is -0.144. The average molecular weight is 265 g/mol. The smallest absolute Gasteiger partial charge is 0.271 e. The molecular formula is C9H13ClN2O5. The molecule has 2 amide bonds. The summed E-state index contributed by atoms with van der Waals surface area (Å²) in [5.41, 5.74) is -0.214. The average Bonchev–Trinajstić information content (AvgIpc) is 2.32. The van der Waals surface area contributed by atoms with Gasteiger partial charge in [0, 0.05) is 11.8 Å². The van der Waals surface area contributed by atoms with E-state index < -0.39 is 30.6 Å². The summed E-state index contributed by atoms with van der Waals surface area (Å²) in [6.07, 6.45) is -2.72. The van der Waals surface area contributed by atoms with Gasteiger partial charge in [-0.05, 0) is 0 Å². The zero-order chi connectivity index (χ0) is 13.2.